The number of allylic oxidation sites excluding steroid dienone is 1. The molecule has 0 saturated heterocycles. The maximum atomic E-state index is 13.8. The average Bonchev–Trinajstić information content (AvgIpc) is 2.81. The molecule has 0 aliphatic rings. The van der Waals surface area contributed by atoms with Crippen LogP contribution < -0.4 is 0 Å². The van der Waals surface area contributed by atoms with Gasteiger partial charge < -0.3 is 13.6 Å². The van der Waals surface area contributed by atoms with E-state index >= 15 is 0 Å². The smallest absolute Gasteiger partial charge is 0.417 e. The van der Waals surface area contributed by atoms with E-state index in [0.717, 1.165) is 57.8 Å². The van der Waals surface area contributed by atoms with Crippen LogP contribution in [-0.2, 0) is 18.4 Å². The fraction of sp³-hybridized carbons (Fsp3) is 0.667. The molecule has 0 N–H and O–H groups in total. The highest BCUT2D eigenvalue weighted by Crippen LogP contribution is 2.38. The Hall–Kier alpha value is -1.64. The Kier molecular flexibility index (Phi) is 15.2. The third-order valence-corrected chi connectivity index (χ3v) is 7.33. The molecule has 0 bridgehead atoms. The third kappa shape index (κ3) is 14.5. The van der Waals surface area contributed by atoms with Gasteiger partial charge in [0.1, 0.15) is 0 Å². The van der Waals surface area contributed by atoms with E-state index in [1.807, 2.05) is 12.2 Å². The van der Waals surface area contributed by atoms with E-state index in [4.69, 9.17) is 8.85 Å². The lowest BCUT2D eigenvalue weighted by Crippen LogP contribution is -2.42. The van der Waals surface area contributed by atoms with Gasteiger partial charge >= 0.3 is 20.7 Å². The van der Waals surface area contributed by atoms with E-state index in [1.54, 1.807) is 31.3 Å². The summed E-state index contributed by atoms with van der Waals surface area (Å²) in [7, 11) is -1.73. The van der Waals surface area contributed by atoms with Crippen LogP contribution in [-0.4, -0.2) is 33.9 Å². The molecule has 0 aliphatic carbocycles. The summed E-state index contributed by atoms with van der Waals surface area (Å²) < 4.78 is 58.0. The predicted octanol–water partition coefficient (Wildman–Crippen LogP) is 8.43. The maximum Gasteiger partial charge on any atom is 0.417 e. The summed E-state index contributed by atoms with van der Waals surface area (Å²) in [4.78, 5) is 11.2. The minimum absolute atomic E-state index is 0.0859. The molecule has 0 radical (unpaired) electrons. The van der Waals surface area contributed by atoms with Gasteiger partial charge in [-0.1, -0.05) is 87.9 Å². The van der Waals surface area contributed by atoms with Gasteiger partial charge in [0, 0.05) is 6.42 Å². The SMILES string of the molecule is CCCCCCC[C@H](/C=C/CCCCCC(=O)OC)O[Si](C)(C)OC(c1ccccc1)C(F)(F)F. The maximum absolute atomic E-state index is 13.8. The Labute approximate surface area is 210 Å². The van der Waals surface area contributed by atoms with Gasteiger partial charge in [0.15, 0.2) is 6.10 Å². The number of benzene rings is 1. The first-order chi connectivity index (χ1) is 16.6. The minimum atomic E-state index is -4.52. The van der Waals surface area contributed by atoms with E-state index in [2.05, 4.69) is 11.7 Å². The molecule has 200 valence electrons. The van der Waals surface area contributed by atoms with Crippen molar-refractivity contribution in [2.24, 2.45) is 0 Å². The zero-order valence-corrected chi connectivity index (χ0v) is 22.7. The molecule has 2 atom stereocenters. The number of methoxy groups -OCH3 is 1. The Morgan fingerprint density at radius 3 is 2.26 bits per heavy atom. The van der Waals surface area contributed by atoms with Crippen molar-refractivity contribution in [3.05, 3.63) is 48.0 Å². The fourth-order valence-electron chi connectivity index (χ4n) is 3.83. The predicted molar refractivity (Wildman–Crippen MR) is 136 cm³/mol. The van der Waals surface area contributed by atoms with Crippen LogP contribution in [0.3, 0.4) is 0 Å². The Morgan fingerprint density at radius 1 is 0.971 bits per heavy atom. The molecular weight excluding hydrogens is 473 g/mol. The first-order valence-electron chi connectivity index (χ1n) is 12.8. The topological polar surface area (TPSA) is 44.8 Å². The molecule has 35 heavy (non-hydrogen) atoms. The Bertz CT molecular complexity index is 723. The summed E-state index contributed by atoms with van der Waals surface area (Å²) in [5, 5.41) is 0. The van der Waals surface area contributed by atoms with Crippen molar-refractivity contribution in [3.8, 4) is 0 Å². The van der Waals surface area contributed by atoms with Crippen molar-refractivity contribution in [1.29, 1.82) is 0 Å². The molecule has 1 unspecified atom stereocenters. The summed E-state index contributed by atoms with van der Waals surface area (Å²) in [5.74, 6) is -0.197. The van der Waals surface area contributed by atoms with E-state index < -0.39 is 20.8 Å². The van der Waals surface area contributed by atoms with Crippen molar-refractivity contribution in [3.63, 3.8) is 0 Å². The number of rotatable bonds is 18. The number of unbranched alkanes of at least 4 members (excludes halogenated alkanes) is 7. The van der Waals surface area contributed by atoms with E-state index in [1.165, 1.54) is 25.7 Å². The second-order valence-corrected chi connectivity index (χ2v) is 12.6. The van der Waals surface area contributed by atoms with Crippen LogP contribution in [0, 0.1) is 0 Å². The van der Waals surface area contributed by atoms with Crippen LogP contribution in [0.4, 0.5) is 13.2 Å². The highest BCUT2D eigenvalue weighted by molar-refractivity contribution is 6.64. The number of halogens is 3. The highest BCUT2D eigenvalue weighted by Gasteiger charge is 2.46. The molecule has 8 heteroatoms. The second-order valence-electron chi connectivity index (χ2n) is 9.31. The number of carbonyl (C=O) groups excluding carboxylic acids is 1. The first kappa shape index (κ1) is 31.4. The molecule has 0 fully saturated rings. The number of ether oxygens (including phenoxy) is 1. The normalized spacial score (nSPS) is 14.3. The summed E-state index contributed by atoms with van der Waals surface area (Å²) in [6.07, 6.45) is 7.35. The molecule has 1 aromatic rings. The summed E-state index contributed by atoms with van der Waals surface area (Å²) >= 11 is 0. The molecule has 0 amide bonds. The van der Waals surface area contributed by atoms with Crippen molar-refractivity contribution >= 4 is 14.5 Å². The van der Waals surface area contributed by atoms with Gasteiger partial charge in [-0.05, 0) is 44.3 Å². The van der Waals surface area contributed by atoms with Gasteiger partial charge in [0.25, 0.3) is 0 Å². The minimum Gasteiger partial charge on any atom is -0.469 e. The fourth-order valence-corrected chi connectivity index (χ4v) is 5.65. The van der Waals surface area contributed by atoms with Crippen LogP contribution in [0.25, 0.3) is 0 Å². The summed E-state index contributed by atoms with van der Waals surface area (Å²) in [6, 6.07) is 7.73. The van der Waals surface area contributed by atoms with Crippen LogP contribution >= 0.6 is 0 Å². The van der Waals surface area contributed by atoms with Crippen molar-refractivity contribution in [1.82, 2.24) is 0 Å². The molecule has 0 aliphatic heterocycles. The van der Waals surface area contributed by atoms with Crippen molar-refractivity contribution in [2.75, 3.05) is 7.11 Å². The van der Waals surface area contributed by atoms with Gasteiger partial charge in [0.2, 0.25) is 0 Å². The molecule has 0 saturated carbocycles. The van der Waals surface area contributed by atoms with Gasteiger partial charge in [-0.25, -0.2) is 0 Å². The highest BCUT2D eigenvalue weighted by atomic mass is 28.4. The first-order valence-corrected chi connectivity index (χ1v) is 15.6. The molecule has 0 heterocycles. The monoisotopic (exact) mass is 516 g/mol. The Morgan fingerprint density at radius 2 is 1.63 bits per heavy atom. The molecule has 1 aromatic carbocycles. The number of hydrogen-bond donors (Lipinski definition) is 0. The van der Waals surface area contributed by atoms with E-state index in [-0.39, 0.29) is 17.6 Å². The zero-order valence-electron chi connectivity index (χ0n) is 21.7. The molecule has 4 nitrogen and oxygen atoms in total. The Balaban J connectivity index is 2.74. The van der Waals surface area contributed by atoms with Crippen LogP contribution in [0.5, 0.6) is 0 Å². The van der Waals surface area contributed by atoms with E-state index in [0.29, 0.717) is 6.42 Å². The largest absolute Gasteiger partial charge is 0.469 e. The van der Waals surface area contributed by atoms with Crippen LogP contribution in [0.1, 0.15) is 89.2 Å². The third-order valence-electron chi connectivity index (χ3n) is 5.66. The van der Waals surface area contributed by atoms with Crippen molar-refractivity contribution < 1.29 is 31.6 Å². The summed E-state index contributed by atoms with van der Waals surface area (Å²) in [6.45, 7) is 5.52. The molecular formula is C27H43F3O4Si. The van der Waals surface area contributed by atoms with Crippen LogP contribution in [0.15, 0.2) is 42.5 Å². The standard InChI is InChI=1S/C27H43F3O4Si/c1-5-6-7-9-15-20-24(21-16-10-8-11-17-22-25(31)32-2)33-35(3,4)34-26(27(28,29)30)23-18-13-12-14-19-23/h12-14,16,18-19,21,24,26H,5-11,15,17,20,22H2,1-4H3/b21-16+/t24-,26?/m1/s1. The lowest BCUT2D eigenvalue weighted by atomic mass is 10.1. The van der Waals surface area contributed by atoms with Gasteiger partial charge in [-0.2, -0.15) is 13.2 Å². The number of carbonyl (C=O) groups is 1. The zero-order chi connectivity index (χ0) is 26.2. The van der Waals surface area contributed by atoms with Crippen molar-refractivity contribution in [2.45, 2.75) is 109 Å². The van der Waals surface area contributed by atoms with E-state index in [9.17, 15) is 18.0 Å². The molecule has 0 aromatic heterocycles. The average molecular weight is 517 g/mol. The number of esters is 1. The van der Waals surface area contributed by atoms with Crippen LogP contribution in [0.2, 0.25) is 13.1 Å². The van der Waals surface area contributed by atoms with Gasteiger partial charge in [0.05, 0.1) is 13.2 Å². The number of alkyl halides is 3. The van der Waals surface area contributed by atoms with Gasteiger partial charge in [-0.3, -0.25) is 4.79 Å². The molecule has 1 rings (SSSR count). The lowest BCUT2D eigenvalue weighted by Gasteiger charge is -2.33. The second kappa shape index (κ2) is 16.9. The lowest BCUT2D eigenvalue weighted by molar-refractivity contribution is -0.205. The molecule has 0 spiro atoms. The summed E-state index contributed by atoms with van der Waals surface area (Å²) in [5.41, 5.74) is 0.0859. The quantitative estimate of drug-likeness (QED) is 0.0850. The van der Waals surface area contributed by atoms with Gasteiger partial charge in [-0.15, -0.1) is 0 Å². The number of hydrogen-bond acceptors (Lipinski definition) is 4.